The molecule has 0 spiro atoms. The Hall–Kier alpha value is -2.71. The molecule has 0 aromatic carbocycles. The third-order valence-corrected chi connectivity index (χ3v) is 3.86. The fourth-order valence-electron chi connectivity index (χ4n) is 2.59. The van der Waals surface area contributed by atoms with Crippen LogP contribution < -0.4 is 15.8 Å². The topological polar surface area (TPSA) is 97.9 Å². The van der Waals surface area contributed by atoms with E-state index in [2.05, 4.69) is 25.5 Å². The van der Waals surface area contributed by atoms with E-state index in [0.29, 0.717) is 5.82 Å². The van der Waals surface area contributed by atoms with Gasteiger partial charge in [-0.3, -0.25) is 9.59 Å². The number of nitrogens with one attached hydrogen (secondary N) is 1. The van der Waals surface area contributed by atoms with E-state index in [-0.39, 0.29) is 24.1 Å². The Morgan fingerprint density at radius 2 is 2.00 bits per heavy atom. The van der Waals surface area contributed by atoms with Gasteiger partial charge < -0.3 is 10.2 Å². The molecule has 24 heavy (non-hydrogen) atoms. The summed E-state index contributed by atoms with van der Waals surface area (Å²) in [5.41, 5.74) is 0.523. The Balaban J connectivity index is 1.64. The van der Waals surface area contributed by atoms with Gasteiger partial charge in [0, 0.05) is 19.2 Å². The first-order valence-electron chi connectivity index (χ1n) is 8.07. The molecule has 0 bridgehead atoms. The maximum Gasteiger partial charge on any atom is 0.269 e. The fraction of sp³-hybridized carbons (Fsp3) is 0.533. The van der Waals surface area contributed by atoms with E-state index in [0.717, 1.165) is 36.3 Å². The molecule has 1 amide bonds. The number of carbonyl (C=O) groups is 1. The second kappa shape index (κ2) is 6.81. The minimum absolute atomic E-state index is 0.109. The zero-order valence-corrected chi connectivity index (χ0v) is 13.8. The average Bonchev–Trinajstić information content (AvgIpc) is 3.20. The van der Waals surface area contributed by atoms with E-state index in [4.69, 9.17) is 0 Å². The molecule has 1 N–H and O–H groups in total. The van der Waals surface area contributed by atoms with Crippen molar-refractivity contribution < 1.29 is 4.79 Å². The lowest BCUT2D eigenvalue weighted by Crippen LogP contribution is -2.30. The van der Waals surface area contributed by atoms with Crippen molar-refractivity contribution in [1.82, 2.24) is 24.8 Å². The highest BCUT2D eigenvalue weighted by Gasteiger charge is 2.15. The summed E-state index contributed by atoms with van der Waals surface area (Å²) in [5.74, 6) is -0.00948. The van der Waals surface area contributed by atoms with Crippen LogP contribution in [-0.2, 0) is 11.3 Å². The van der Waals surface area contributed by atoms with Crippen LogP contribution in [0.15, 0.2) is 23.3 Å². The predicted octanol–water partition coefficient (Wildman–Crippen LogP) is 0.655. The molecule has 0 atom stereocenters. The van der Waals surface area contributed by atoms with Crippen molar-refractivity contribution in [2.24, 2.45) is 0 Å². The summed E-state index contributed by atoms with van der Waals surface area (Å²) in [6.07, 6.45) is 5.37. The maximum absolute atomic E-state index is 12.1. The number of carbonyl (C=O) groups excluding carboxylic acids is 1. The van der Waals surface area contributed by atoms with E-state index in [1.807, 2.05) is 13.8 Å². The monoisotopic (exact) mass is 331 g/mol. The highest BCUT2D eigenvalue weighted by atomic mass is 16.2. The average molecular weight is 331 g/mol. The Bertz CT molecular complexity index is 774. The van der Waals surface area contributed by atoms with Gasteiger partial charge in [0.05, 0.1) is 24.1 Å². The van der Waals surface area contributed by atoms with Crippen molar-refractivity contribution >= 4 is 17.4 Å². The molecule has 3 rings (SSSR count). The van der Waals surface area contributed by atoms with Crippen molar-refractivity contribution in [1.29, 1.82) is 0 Å². The molecular weight excluding hydrogens is 310 g/mol. The number of hydrogen-bond donors (Lipinski definition) is 1. The van der Waals surface area contributed by atoms with Crippen LogP contribution in [0, 0.1) is 0 Å². The predicted molar refractivity (Wildman–Crippen MR) is 89.0 cm³/mol. The lowest BCUT2D eigenvalue weighted by atomic mass is 10.4. The van der Waals surface area contributed by atoms with Crippen LogP contribution in [0.1, 0.15) is 32.7 Å². The van der Waals surface area contributed by atoms with Gasteiger partial charge >= 0.3 is 0 Å². The first-order valence-corrected chi connectivity index (χ1v) is 8.07. The van der Waals surface area contributed by atoms with Gasteiger partial charge in [-0.05, 0) is 26.7 Å². The summed E-state index contributed by atoms with van der Waals surface area (Å²) in [4.78, 5) is 27.8. The lowest BCUT2D eigenvalue weighted by molar-refractivity contribution is -0.117. The normalized spacial score (nSPS) is 14.4. The number of amides is 1. The Labute approximate surface area is 139 Å². The minimum atomic E-state index is -0.366. The smallest absolute Gasteiger partial charge is 0.269 e. The first-order chi connectivity index (χ1) is 11.5. The van der Waals surface area contributed by atoms with Gasteiger partial charge in [-0.15, -0.1) is 5.10 Å². The third kappa shape index (κ3) is 3.61. The highest BCUT2D eigenvalue weighted by molar-refractivity contribution is 5.89. The second-order valence-corrected chi connectivity index (χ2v) is 6.10. The van der Waals surface area contributed by atoms with E-state index in [1.54, 1.807) is 6.20 Å². The number of aromatic nitrogens is 5. The quantitative estimate of drug-likeness (QED) is 0.864. The summed E-state index contributed by atoms with van der Waals surface area (Å²) in [6, 6.07) is 1.64. The Kier molecular flexibility index (Phi) is 4.59. The molecule has 1 aliphatic rings. The summed E-state index contributed by atoms with van der Waals surface area (Å²) in [7, 11) is 0. The summed E-state index contributed by atoms with van der Waals surface area (Å²) in [6.45, 7) is 5.61. The molecule has 3 heterocycles. The molecule has 2 aromatic heterocycles. The van der Waals surface area contributed by atoms with Crippen LogP contribution in [0.3, 0.4) is 0 Å². The molecule has 0 radical (unpaired) electrons. The molecule has 9 heteroatoms. The van der Waals surface area contributed by atoms with Gasteiger partial charge in [-0.2, -0.15) is 15.0 Å². The van der Waals surface area contributed by atoms with Gasteiger partial charge in [0.1, 0.15) is 6.54 Å². The fourth-order valence-corrected chi connectivity index (χ4v) is 2.59. The van der Waals surface area contributed by atoms with Crippen molar-refractivity contribution in [3.63, 3.8) is 0 Å². The number of rotatable bonds is 5. The molecule has 1 saturated heterocycles. The van der Waals surface area contributed by atoms with Gasteiger partial charge in [0.15, 0.2) is 5.82 Å². The molecule has 0 aliphatic carbocycles. The van der Waals surface area contributed by atoms with Crippen LogP contribution >= 0.6 is 0 Å². The molecule has 2 aromatic rings. The van der Waals surface area contributed by atoms with E-state index >= 15 is 0 Å². The minimum Gasteiger partial charge on any atom is -0.370 e. The molecule has 0 saturated carbocycles. The van der Waals surface area contributed by atoms with Crippen molar-refractivity contribution in [2.75, 3.05) is 23.3 Å². The maximum atomic E-state index is 12.1. The Morgan fingerprint density at radius 3 is 2.62 bits per heavy atom. The summed E-state index contributed by atoms with van der Waals surface area (Å²) in [5, 5.41) is 14.9. The zero-order chi connectivity index (χ0) is 17.1. The van der Waals surface area contributed by atoms with Crippen molar-refractivity contribution in [2.45, 2.75) is 39.3 Å². The van der Waals surface area contributed by atoms with Crippen molar-refractivity contribution in [3.05, 3.63) is 28.8 Å². The third-order valence-electron chi connectivity index (χ3n) is 3.86. The van der Waals surface area contributed by atoms with Gasteiger partial charge in [-0.25, -0.2) is 4.68 Å². The summed E-state index contributed by atoms with van der Waals surface area (Å²) >= 11 is 0. The number of nitrogens with zero attached hydrogens (tertiary/aromatic N) is 6. The van der Waals surface area contributed by atoms with Crippen LogP contribution in [0.2, 0.25) is 0 Å². The van der Waals surface area contributed by atoms with Crippen molar-refractivity contribution in [3.8, 4) is 0 Å². The largest absolute Gasteiger partial charge is 0.370 e. The van der Waals surface area contributed by atoms with Gasteiger partial charge in [-0.1, -0.05) is 0 Å². The number of anilines is 2. The molecule has 0 unspecified atom stereocenters. The molecule has 9 nitrogen and oxygen atoms in total. The first kappa shape index (κ1) is 16.2. The second-order valence-electron chi connectivity index (χ2n) is 6.10. The van der Waals surface area contributed by atoms with E-state index in [1.165, 1.54) is 17.1 Å². The molecule has 1 fully saturated rings. The molecular formula is C15H21N7O2. The standard InChI is InChI=1S/C15H21N7O2/c1-11(2)22-17-9-13(19-22)18-14(23)10-21-15(24)7-12(8-16-21)20-5-3-4-6-20/h7-9,11H,3-6,10H2,1-2H3,(H,18,19,23). The Morgan fingerprint density at radius 1 is 1.25 bits per heavy atom. The summed E-state index contributed by atoms with van der Waals surface area (Å²) < 4.78 is 1.14. The lowest BCUT2D eigenvalue weighted by Gasteiger charge is -2.16. The SMILES string of the molecule is CC(C)n1ncc(NC(=O)Cn2ncc(N3CCCC3)cc2=O)n1. The van der Waals surface area contributed by atoms with Gasteiger partial charge in [0.2, 0.25) is 5.91 Å². The van der Waals surface area contributed by atoms with Crippen LogP contribution in [0.4, 0.5) is 11.5 Å². The van der Waals surface area contributed by atoms with Crippen LogP contribution in [-0.4, -0.2) is 43.8 Å². The molecule has 128 valence electrons. The van der Waals surface area contributed by atoms with E-state index in [9.17, 15) is 9.59 Å². The number of hydrogen-bond acceptors (Lipinski definition) is 6. The van der Waals surface area contributed by atoms with Crippen LogP contribution in [0.5, 0.6) is 0 Å². The van der Waals surface area contributed by atoms with E-state index < -0.39 is 0 Å². The van der Waals surface area contributed by atoms with Crippen LogP contribution in [0.25, 0.3) is 0 Å². The zero-order valence-electron chi connectivity index (χ0n) is 13.8. The van der Waals surface area contributed by atoms with Gasteiger partial charge in [0.25, 0.3) is 5.56 Å². The molecule has 1 aliphatic heterocycles. The highest BCUT2D eigenvalue weighted by Crippen LogP contribution is 2.16.